The van der Waals surface area contributed by atoms with Gasteiger partial charge in [0.2, 0.25) is 5.91 Å². The van der Waals surface area contributed by atoms with Gasteiger partial charge < -0.3 is 10.4 Å². The van der Waals surface area contributed by atoms with Gasteiger partial charge in [0.05, 0.1) is 0 Å². The second-order valence-corrected chi connectivity index (χ2v) is 6.84. The molecule has 1 amide bonds. The summed E-state index contributed by atoms with van der Waals surface area (Å²) in [7, 11) is 0. The van der Waals surface area contributed by atoms with Crippen LogP contribution in [0.2, 0.25) is 0 Å². The fourth-order valence-corrected chi connectivity index (χ4v) is 2.97. The van der Waals surface area contributed by atoms with Gasteiger partial charge in [0.1, 0.15) is 11.9 Å². The molecule has 4 nitrogen and oxygen atoms in total. The largest absolute Gasteiger partial charge is 0.480 e. The number of hydrogen-bond acceptors (Lipinski definition) is 3. The van der Waals surface area contributed by atoms with Gasteiger partial charge in [-0.05, 0) is 36.6 Å². The first-order valence-electron chi connectivity index (χ1n) is 7.37. The van der Waals surface area contributed by atoms with Crippen molar-refractivity contribution < 1.29 is 19.1 Å². The van der Waals surface area contributed by atoms with Gasteiger partial charge in [0, 0.05) is 16.6 Å². The van der Waals surface area contributed by atoms with Crippen LogP contribution in [0, 0.1) is 17.7 Å². The second-order valence-electron chi connectivity index (χ2n) is 5.74. The lowest BCUT2D eigenvalue weighted by Gasteiger charge is -2.17. The summed E-state index contributed by atoms with van der Waals surface area (Å²) >= 11 is 1.45. The molecular formula is C16H20FNO3S. The van der Waals surface area contributed by atoms with E-state index in [1.807, 2.05) is 0 Å². The fourth-order valence-electron chi connectivity index (χ4n) is 2.05. The Balaban J connectivity index is 1.79. The number of hydrogen-bond donors (Lipinski definition) is 2. The average molecular weight is 325 g/mol. The van der Waals surface area contributed by atoms with Crippen LogP contribution >= 0.6 is 11.8 Å². The summed E-state index contributed by atoms with van der Waals surface area (Å²) in [5.74, 6) is -0.866. The van der Waals surface area contributed by atoms with E-state index in [4.69, 9.17) is 5.11 Å². The number of carbonyl (C=O) groups excluding carboxylic acids is 1. The van der Waals surface area contributed by atoms with E-state index in [-0.39, 0.29) is 17.6 Å². The highest BCUT2D eigenvalue weighted by atomic mass is 32.2. The summed E-state index contributed by atoms with van der Waals surface area (Å²) in [6.45, 7) is 1.77. The lowest BCUT2D eigenvalue weighted by atomic mass is 10.1. The highest BCUT2D eigenvalue weighted by Gasteiger charge is 2.31. The monoisotopic (exact) mass is 325 g/mol. The maximum absolute atomic E-state index is 12.8. The zero-order valence-electron chi connectivity index (χ0n) is 12.4. The molecule has 22 heavy (non-hydrogen) atoms. The summed E-state index contributed by atoms with van der Waals surface area (Å²) in [5, 5.41) is 11.8. The van der Waals surface area contributed by atoms with E-state index >= 15 is 0 Å². The first-order valence-corrected chi connectivity index (χ1v) is 8.36. The lowest BCUT2D eigenvalue weighted by molar-refractivity contribution is -0.142. The van der Waals surface area contributed by atoms with Crippen LogP contribution in [0.5, 0.6) is 0 Å². The van der Waals surface area contributed by atoms with E-state index < -0.39 is 12.0 Å². The number of halogens is 1. The Kier molecular flexibility index (Phi) is 5.83. The zero-order valence-corrected chi connectivity index (χ0v) is 13.2. The van der Waals surface area contributed by atoms with Crippen molar-refractivity contribution in [2.75, 3.05) is 5.75 Å². The van der Waals surface area contributed by atoms with E-state index in [9.17, 15) is 14.0 Å². The molecule has 120 valence electrons. The van der Waals surface area contributed by atoms with Crippen molar-refractivity contribution in [3.05, 3.63) is 30.1 Å². The third-order valence-corrected chi connectivity index (χ3v) is 4.91. The first kappa shape index (κ1) is 16.8. The highest BCUT2D eigenvalue weighted by molar-refractivity contribution is 7.99. The van der Waals surface area contributed by atoms with Gasteiger partial charge in [-0.3, -0.25) is 4.79 Å². The van der Waals surface area contributed by atoms with Gasteiger partial charge in [-0.2, -0.15) is 0 Å². The van der Waals surface area contributed by atoms with E-state index in [1.54, 1.807) is 19.1 Å². The topological polar surface area (TPSA) is 66.4 Å². The number of aliphatic carboxylic acids is 1. The molecule has 1 aliphatic rings. The summed E-state index contributed by atoms with van der Waals surface area (Å²) in [6.07, 6.45) is 2.62. The molecule has 0 aliphatic heterocycles. The standard InChI is InChI=1S/C16H20FNO3S/c1-10(9-22-13-6-4-12(17)5-7-13)15(19)18-14(16(20)21)8-11-2-3-11/h4-7,10-11,14H,2-3,8-9H2,1H3,(H,18,19)(H,20,21). The van der Waals surface area contributed by atoms with Crippen molar-refractivity contribution in [2.24, 2.45) is 11.8 Å². The van der Waals surface area contributed by atoms with Crippen LogP contribution in [0.1, 0.15) is 26.2 Å². The maximum Gasteiger partial charge on any atom is 0.326 e. The van der Waals surface area contributed by atoms with Gasteiger partial charge in [-0.25, -0.2) is 9.18 Å². The van der Waals surface area contributed by atoms with E-state index in [0.717, 1.165) is 17.7 Å². The van der Waals surface area contributed by atoms with Crippen LogP contribution < -0.4 is 5.32 Å². The van der Waals surface area contributed by atoms with E-state index in [1.165, 1.54) is 23.9 Å². The highest BCUT2D eigenvalue weighted by Crippen LogP contribution is 2.33. The fraction of sp³-hybridized carbons (Fsp3) is 0.500. The summed E-state index contributed by atoms with van der Waals surface area (Å²) in [4.78, 5) is 24.1. The van der Waals surface area contributed by atoms with Crippen LogP contribution in [0.3, 0.4) is 0 Å². The molecule has 0 bridgehead atoms. The third kappa shape index (κ3) is 5.33. The molecule has 1 fully saturated rings. The summed E-state index contributed by atoms with van der Waals surface area (Å²) in [5.41, 5.74) is 0. The second kappa shape index (κ2) is 7.63. The van der Waals surface area contributed by atoms with Gasteiger partial charge in [0.15, 0.2) is 0 Å². The maximum atomic E-state index is 12.8. The minimum atomic E-state index is -0.973. The zero-order chi connectivity index (χ0) is 16.1. The SMILES string of the molecule is CC(CSc1ccc(F)cc1)C(=O)NC(CC1CC1)C(=O)O. The molecule has 2 N–H and O–H groups in total. The number of benzene rings is 1. The number of amides is 1. The predicted octanol–water partition coefficient (Wildman–Crippen LogP) is 2.92. The molecule has 1 aromatic rings. The molecule has 0 radical (unpaired) electrons. The van der Waals surface area contributed by atoms with Gasteiger partial charge >= 0.3 is 5.97 Å². The number of carbonyl (C=O) groups is 2. The molecule has 2 rings (SSSR count). The van der Waals surface area contributed by atoms with Crippen LogP contribution in [0.15, 0.2) is 29.2 Å². The van der Waals surface area contributed by atoms with Crippen molar-refractivity contribution in [3.8, 4) is 0 Å². The number of thioether (sulfide) groups is 1. The van der Waals surface area contributed by atoms with Crippen molar-refractivity contribution in [1.82, 2.24) is 5.32 Å². The Morgan fingerprint density at radius 3 is 2.55 bits per heavy atom. The molecular weight excluding hydrogens is 305 g/mol. The molecule has 0 aromatic heterocycles. The molecule has 0 heterocycles. The molecule has 1 aromatic carbocycles. The van der Waals surface area contributed by atoms with Crippen molar-refractivity contribution in [3.63, 3.8) is 0 Å². The third-order valence-electron chi connectivity index (χ3n) is 3.64. The summed E-state index contributed by atoms with van der Waals surface area (Å²) < 4.78 is 12.8. The van der Waals surface area contributed by atoms with Crippen molar-refractivity contribution in [1.29, 1.82) is 0 Å². The molecule has 2 unspecified atom stereocenters. The van der Waals surface area contributed by atoms with Crippen LogP contribution in [0.4, 0.5) is 4.39 Å². The Bertz CT molecular complexity index is 531. The van der Waals surface area contributed by atoms with Gasteiger partial charge in [-0.1, -0.05) is 19.8 Å². The summed E-state index contributed by atoms with van der Waals surface area (Å²) in [6, 6.07) is 5.29. The number of rotatable bonds is 8. The van der Waals surface area contributed by atoms with Crippen molar-refractivity contribution >= 4 is 23.6 Å². The van der Waals surface area contributed by atoms with E-state index in [2.05, 4.69) is 5.32 Å². The molecule has 1 saturated carbocycles. The van der Waals surface area contributed by atoms with Crippen LogP contribution in [-0.2, 0) is 9.59 Å². The minimum Gasteiger partial charge on any atom is -0.480 e. The van der Waals surface area contributed by atoms with Crippen LogP contribution in [0.25, 0.3) is 0 Å². The number of carboxylic acid groups (broad SMARTS) is 1. The van der Waals surface area contributed by atoms with Crippen molar-refractivity contribution in [2.45, 2.75) is 37.1 Å². The molecule has 0 spiro atoms. The normalized spacial score (nSPS) is 16.8. The lowest BCUT2D eigenvalue weighted by Crippen LogP contribution is -2.43. The van der Waals surface area contributed by atoms with Crippen LogP contribution in [-0.4, -0.2) is 28.8 Å². The molecule has 2 atom stereocenters. The Morgan fingerprint density at radius 2 is 2.00 bits per heavy atom. The Labute approximate surface area is 133 Å². The molecule has 6 heteroatoms. The van der Waals surface area contributed by atoms with Gasteiger partial charge in [0.25, 0.3) is 0 Å². The average Bonchev–Trinajstić information content (AvgIpc) is 3.29. The first-order chi connectivity index (χ1) is 10.5. The van der Waals surface area contributed by atoms with Gasteiger partial charge in [-0.15, -0.1) is 11.8 Å². The molecule has 0 saturated heterocycles. The predicted molar refractivity (Wildman–Crippen MR) is 83.2 cm³/mol. The number of carboxylic acids is 1. The smallest absolute Gasteiger partial charge is 0.326 e. The number of nitrogens with one attached hydrogen (secondary N) is 1. The molecule has 1 aliphatic carbocycles. The minimum absolute atomic E-state index is 0.248. The Hall–Kier alpha value is -1.56. The quantitative estimate of drug-likeness (QED) is 0.721. The van der Waals surface area contributed by atoms with E-state index in [0.29, 0.717) is 18.1 Å². The Morgan fingerprint density at radius 1 is 1.36 bits per heavy atom.